The highest BCUT2D eigenvalue weighted by atomic mass is 32.2. The van der Waals surface area contributed by atoms with Crippen molar-refractivity contribution in [2.75, 3.05) is 12.8 Å². The first kappa shape index (κ1) is 18.1. The summed E-state index contributed by atoms with van der Waals surface area (Å²) >= 11 is 1.26. The first-order chi connectivity index (χ1) is 12.5. The molecule has 2 aromatic rings. The minimum Gasteiger partial charge on any atom is -0.292 e. The second-order valence-electron chi connectivity index (χ2n) is 5.94. The number of amides is 2. The van der Waals surface area contributed by atoms with Crippen molar-refractivity contribution in [1.29, 1.82) is 0 Å². The van der Waals surface area contributed by atoms with Crippen LogP contribution in [0, 0.1) is 5.82 Å². The molecule has 0 saturated carbocycles. The van der Waals surface area contributed by atoms with E-state index in [2.05, 4.69) is 10.5 Å². The summed E-state index contributed by atoms with van der Waals surface area (Å²) in [6.07, 6.45) is 0. The van der Waals surface area contributed by atoms with Gasteiger partial charge in [0, 0.05) is 12.6 Å². The number of carbonyl (C=O) groups is 2. The summed E-state index contributed by atoms with van der Waals surface area (Å²) in [7, 11) is 1.61. The maximum Gasteiger partial charge on any atom is 0.247 e. The lowest BCUT2D eigenvalue weighted by atomic mass is 9.96. The Labute approximate surface area is 155 Å². The second kappa shape index (κ2) is 7.70. The summed E-state index contributed by atoms with van der Waals surface area (Å²) < 4.78 is 14.5. The number of hydrogen-bond acceptors (Lipinski definition) is 4. The third kappa shape index (κ3) is 3.77. The van der Waals surface area contributed by atoms with Crippen LogP contribution in [0.4, 0.5) is 4.39 Å². The van der Waals surface area contributed by atoms with E-state index in [9.17, 15) is 14.0 Å². The van der Waals surface area contributed by atoms with Crippen molar-refractivity contribution in [3.8, 4) is 11.1 Å². The van der Waals surface area contributed by atoms with Gasteiger partial charge in [-0.25, -0.2) is 9.82 Å². The molecule has 2 aromatic carbocycles. The van der Waals surface area contributed by atoms with Crippen molar-refractivity contribution < 1.29 is 14.0 Å². The quantitative estimate of drug-likeness (QED) is 0.840. The maximum atomic E-state index is 14.5. The van der Waals surface area contributed by atoms with Gasteiger partial charge >= 0.3 is 0 Å². The van der Waals surface area contributed by atoms with Crippen LogP contribution in [0.3, 0.4) is 0 Å². The van der Waals surface area contributed by atoms with Gasteiger partial charge in [-0.05, 0) is 24.1 Å². The molecule has 0 radical (unpaired) electrons. The molecule has 1 saturated heterocycles. The minimum absolute atomic E-state index is 0.0605. The van der Waals surface area contributed by atoms with E-state index in [0.717, 1.165) is 5.56 Å². The first-order valence-corrected chi connectivity index (χ1v) is 9.07. The lowest BCUT2D eigenvalue weighted by Gasteiger charge is -2.13. The SMILES string of the molecule is CC(C(=O)N/N=C1\SCC(=O)N1C)c1ccc(-c2ccccc2)c(F)c1. The highest BCUT2D eigenvalue weighted by Crippen LogP contribution is 2.26. The monoisotopic (exact) mass is 371 g/mol. The number of nitrogens with one attached hydrogen (secondary N) is 1. The predicted molar refractivity (Wildman–Crippen MR) is 101 cm³/mol. The van der Waals surface area contributed by atoms with Crippen LogP contribution in [0.1, 0.15) is 18.4 Å². The molecule has 5 nitrogen and oxygen atoms in total. The molecule has 2 amide bonds. The Morgan fingerprint density at radius 2 is 2.00 bits per heavy atom. The summed E-state index contributed by atoms with van der Waals surface area (Å²) in [6, 6.07) is 14.0. The van der Waals surface area contributed by atoms with Crippen molar-refractivity contribution in [2.24, 2.45) is 5.10 Å². The fourth-order valence-electron chi connectivity index (χ4n) is 2.54. The average molecular weight is 371 g/mol. The van der Waals surface area contributed by atoms with E-state index in [-0.39, 0.29) is 17.6 Å². The van der Waals surface area contributed by atoms with E-state index in [1.165, 1.54) is 22.7 Å². The van der Waals surface area contributed by atoms with Gasteiger partial charge in [0.05, 0.1) is 11.7 Å². The molecule has 3 rings (SSSR count). The molecule has 1 fully saturated rings. The molecule has 1 N–H and O–H groups in total. The van der Waals surface area contributed by atoms with E-state index >= 15 is 0 Å². The van der Waals surface area contributed by atoms with Gasteiger partial charge in [0.15, 0.2) is 5.17 Å². The molecular weight excluding hydrogens is 353 g/mol. The van der Waals surface area contributed by atoms with Gasteiger partial charge < -0.3 is 0 Å². The molecule has 1 heterocycles. The van der Waals surface area contributed by atoms with Crippen LogP contribution in [0.25, 0.3) is 11.1 Å². The van der Waals surface area contributed by atoms with Gasteiger partial charge in [-0.3, -0.25) is 14.5 Å². The molecule has 1 atom stereocenters. The molecule has 0 bridgehead atoms. The number of amidine groups is 1. The summed E-state index contributed by atoms with van der Waals surface area (Å²) in [6.45, 7) is 1.68. The molecule has 134 valence electrons. The van der Waals surface area contributed by atoms with Crippen LogP contribution in [-0.4, -0.2) is 34.7 Å². The molecule has 1 aliphatic rings. The normalized spacial score (nSPS) is 16.8. The zero-order valence-corrected chi connectivity index (χ0v) is 15.2. The van der Waals surface area contributed by atoms with Gasteiger partial charge in [0.25, 0.3) is 0 Å². The van der Waals surface area contributed by atoms with Crippen LogP contribution in [-0.2, 0) is 9.59 Å². The first-order valence-electron chi connectivity index (χ1n) is 8.09. The highest BCUT2D eigenvalue weighted by Gasteiger charge is 2.25. The van der Waals surface area contributed by atoms with Crippen LogP contribution in [0.15, 0.2) is 53.6 Å². The minimum atomic E-state index is -0.578. The molecule has 0 spiro atoms. The Kier molecular flexibility index (Phi) is 5.37. The van der Waals surface area contributed by atoms with Crippen molar-refractivity contribution in [3.63, 3.8) is 0 Å². The Balaban J connectivity index is 1.72. The Hall–Kier alpha value is -2.67. The van der Waals surface area contributed by atoms with Gasteiger partial charge in [0.2, 0.25) is 11.8 Å². The lowest BCUT2D eigenvalue weighted by Crippen LogP contribution is -2.29. The summed E-state index contributed by atoms with van der Waals surface area (Å²) in [5.41, 5.74) is 4.28. The van der Waals surface area contributed by atoms with Gasteiger partial charge in [-0.15, -0.1) is 5.10 Å². The standard InChI is InChI=1S/C19H18FN3O2S/c1-12(18(25)21-22-19-23(2)17(24)11-26-19)14-8-9-15(16(20)10-14)13-6-4-3-5-7-13/h3-10,12H,11H2,1-2H3,(H,21,25)/b22-19-. The number of hydrogen-bond donors (Lipinski definition) is 1. The number of nitrogens with zero attached hydrogens (tertiary/aromatic N) is 2. The van der Waals surface area contributed by atoms with Gasteiger partial charge in [-0.1, -0.05) is 54.2 Å². The van der Waals surface area contributed by atoms with Crippen LogP contribution in [0.5, 0.6) is 0 Å². The fraction of sp³-hybridized carbons (Fsp3) is 0.211. The third-order valence-electron chi connectivity index (χ3n) is 4.22. The number of carbonyl (C=O) groups excluding carboxylic acids is 2. The van der Waals surface area contributed by atoms with E-state index in [4.69, 9.17) is 0 Å². The largest absolute Gasteiger partial charge is 0.292 e. The molecule has 0 aliphatic carbocycles. The average Bonchev–Trinajstić information content (AvgIpc) is 2.98. The summed E-state index contributed by atoms with van der Waals surface area (Å²) in [5.74, 6) is -1.07. The Morgan fingerprint density at radius 1 is 1.27 bits per heavy atom. The summed E-state index contributed by atoms with van der Waals surface area (Å²) in [4.78, 5) is 25.1. The highest BCUT2D eigenvalue weighted by molar-refractivity contribution is 8.15. The number of thioether (sulfide) groups is 1. The van der Waals surface area contributed by atoms with E-state index in [1.807, 2.05) is 30.3 Å². The predicted octanol–water partition coefficient (Wildman–Crippen LogP) is 3.19. The van der Waals surface area contributed by atoms with E-state index in [0.29, 0.717) is 22.0 Å². The van der Waals surface area contributed by atoms with Crippen LogP contribution >= 0.6 is 11.8 Å². The second-order valence-corrected chi connectivity index (χ2v) is 6.88. The maximum absolute atomic E-state index is 14.5. The Bertz CT molecular complexity index is 870. The van der Waals surface area contributed by atoms with Crippen LogP contribution < -0.4 is 5.43 Å². The van der Waals surface area contributed by atoms with Gasteiger partial charge in [0.1, 0.15) is 5.82 Å². The van der Waals surface area contributed by atoms with E-state index < -0.39 is 5.92 Å². The molecule has 26 heavy (non-hydrogen) atoms. The van der Waals surface area contributed by atoms with E-state index in [1.54, 1.807) is 26.1 Å². The molecular formula is C19H18FN3O2S. The van der Waals surface area contributed by atoms with Crippen molar-refractivity contribution in [2.45, 2.75) is 12.8 Å². The lowest BCUT2D eigenvalue weighted by molar-refractivity contribution is -0.124. The van der Waals surface area contributed by atoms with Crippen molar-refractivity contribution in [1.82, 2.24) is 10.3 Å². The Morgan fingerprint density at radius 3 is 2.62 bits per heavy atom. The molecule has 1 unspecified atom stereocenters. The van der Waals surface area contributed by atoms with Crippen molar-refractivity contribution in [3.05, 3.63) is 59.9 Å². The third-order valence-corrected chi connectivity index (χ3v) is 5.23. The topological polar surface area (TPSA) is 61.8 Å². The smallest absolute Gasteiger partial charge is 0.247 e. The molecule has 0 aromatic heterocycles. The summed E-state index contributed by atoms with van der Waals surface area (Å²) in [5, 5.41) is 4.43. The van der Waals surface area contributed by atoms with Crippen molar-refractivity contribution >= 4 is 28.7 Å². The number of hydrazone groups is 1. The molecule has 1 aliphatic heterocycles. The number of benzene rings is 2. The van der Waals surface area contributed by atoms with Crippen LogP contribution in [0.2, 0.25) is 0 Å². The molecule has 7 heteroatoms. The number of halogens is 1. The fourth-order valence-corrected chi connectivity index (χ4v) is 3.39. The zero-order valence-electron chi connectivity index (χ0n) is 14.4. The zero-order chi connectivity index (χ0) is 18.7. The van der Waals surface area contributed by atoms with Gasteiger partial charge in [-0.2, -0.15) is 0 Å². The number of rotatable bonds is 4.